The first-order valence-corrected chi connectivity index (χ1v) is 11.5. The summed E-state index contributed by atoms with van der Waals surface area (Å²) in [6, 6.07) is 17.0. The van der Waals surface area contributed by atoms with Gasteiger partial charge in [-0.25, -0.2) is 5.43 Å². The first-order valence-electron chi connectivity index (χ1n) is 9.90. The third-order valence-corrected chi connectivity index (χ3v) is 5.86. The van der Waals surface area contributed by atoms with Gasteiger partial charge >= 0.3 is 0 Å². The van der Waals surface area contributed by atoms with Crippen molar-refractivity contribution < 1.29 is 24.2 Å². The van der Waals surface area contributed by atoms with Gasteiger partial charge in [0.1, 0.15) is 11.4 Å². The highest BCUT2D eigenvalue weighted by Crippen LogP contribution is 2.33. The average Bonchev–Trinajstić information content (AvgIpc) is 3.30. The summed E-state index contributed by atoms with van der Waals surface area (Å²) in [5.74, 6) is 0.128. The monoisotopic (exact) mass is 585 g/mol. The van der Waals surface area contributed by atoms with Crippen LogP contribution in [0.2, 0.25) is 0 Å². The lowest BCUT2D eigenvalue weighted by Gasteiger charge is -2.09. The summed E-state index contributed by atoms with van der Waals surface area (Å²) < 4.78 is 11.6. The van der Waals surface area contributed by atoms with E-state index < -0.39 is 11.8 Å². The Labute approximate surface area is 211 Å². The van der Waals surface area contributed by atoms with Gasteiger partial charge in [0.2, 0.25) is 6.79 Å². The standard InChI is InChI=1S/C24H17Br2N3O5/c25-17-8-15(9-18(26)22(17)30)12-27-29-24(32)19(28-23(31)16-4-2-1-3-5-16)10-14-6-7-20-21(11-14)34-13-33-20/h1-12,30H,13H2,(H,28,31)(H,29,32)/b19-10?,27-12+. The van der Waals surface area contributed by atoms with Gasteiger partial charge in [-0.2, -0.15) is 5.10 Å². The van der Waals surface area contributed by atoms with Crippen LogP contribution in [0.4, 0.5) is 0 Å². The van der Waals surface area contributed by atoms with Crippen LogP contribution >= 0.6 is 31.9 Å². The Morgan fingerprint density at radius 2 is 1.65 bits per heavy atom. The summed E-state index contributed by atoms with van der Waals surface area (Å²) in [6.45, 7) is 0.124. The van der Waals surface area contributed by atoms with Crippen molar-refractivity contribution in [3.05, 3.63) is 92.0 Å². The molecule has 10 heteroatoms. The van der Waals surface area contributed by atoms with E-state index in [2.05, 4.69) is 47.7 Å². The van der Waals surface area contributed by atoms with E-state index in [0.717, 1.165) is 0 Å². The summed E-state index contributed by atoms with van der Waals surface area (Å²) in [5, 5.41) is 16.4. The molecule has 0 fully saturated rings. The molecule has 8 nitrogen and oxygen atoms in total. The number of phenols is 1. The minimum absolute atomic E-state index is 0.0158. The number of hydrogen-bond acceptors (Lipinski definition) is 6. The van der Waals surface area contributed by atoms with Gasteiger partial charge < -0.3 is 19.9 Å². The van der Waals surface area contributed by atoms with Crippen molar-refractivity contribution in [3.63, 3.8) is 0 Å². The van der Waals surface area contributed by atoms with Crippen molar-refractivity contribution in [1.82, 2.24) is 10.7 Å². The highest BCUT2D eigenvalue weighted by atomic mass is 79.9. The third-order valence-electron chi connectivity index (χ3n) is 4.66. The Hall–Kier alpha value is -3.63. The predicted molar refractivity (Wildman–Crippen MR) is 134 cm³/mol. The van der Waals surface area contributed by atoms with E-state index in [4.69, 9.17) is 9.47 Å². The number of phenolic OH excluding ortho intramolecular Hbond substituents is 1. The zero-order valence-corrected chi connectivity index (χ0v) is 20.6. The maximum Gasteiger partial charge on any atom is 0.287 e. The van der Waals surface area contributed by atoms with Crippen LogP contribution in [0, 0.1) is 0 Å². The summed E-state index contributed by atoms with van der Waals surface area (Å²) in [4.78, 5) is 25.6. The minimum atomic E-state index is -0.630. The second-order valence-electron chi connectivity index (χ2n) is 7.02. The fourth-order valence-electron chi connectivity index (χ4n) is 3.00. The molecule has 0 unspecified atom stereocenters. The molecular weight excluding hydrogens is 570 g/mol. The number of halogens is 2. The minimum Gasteiger partial charge on any atom is -0.506 e. The summed E-state index contributed by atoms with van der Waals surface area (Å²) in [5.41, 5.74) is 4.03. The molecule has 4 rings (SSSR count). The molecule has 1 aliphatic rings. The molecule has 2 amide bonds. The molecule has 0 bridgehead atoms. The summed E-state index contributed by atoms with van der Waals surface area (Å²) in [6.07, 6.45) is 2.92. The van der Waals surface area contributed by atoms with Crippen LogP contribution in [0.15, 0.2) is 80.4 Å². The zero-order valence-electron chi connectivity index (χ0n) is 17.4. The number of nitrogens with zero attached hydrogens (tertiary/aromatic N) is 1. The molecule has 1 heterocycles. The molecule has 0 aromatic heterocycles. The number of hydrazone groups is 1. The van der Waals surface area contributed by atoms with Crippen molar-refractivity contribution in [3.8, 4) is 17.2 Å². The number of hydrogen-bond donors (Lipinski definition) is 3. The number of carbonyl (C=O) groups excluding carboxylic acids is 2. The average molecular weight is 587 g/mol. The topological polar surface area (TPSA) is 109 Å². The van der Waals surface area contributed by atoms with Crippen LogP contribution < -0.4 is 20.2 Å². The van der Waals surface area contributed by atoms with Crippen LogP contribution in [-0.4, -0.2) is 29.9 Å². The molecule has 3 aromatic rings. The Balaban J connectivity index is 1.56. The first kappa shape index (κ1) is 23.5. The SMILES string of the molecule is O=C(N/N=C/c1cc(Br)c(O)c(Br)c1)C(=Cc1ccc2c(c1)OCO2)NC(=O)c1ccccc1. The van der Waals surface area contributed by atoms with Gasteiger partial charge in [0.05, 0.1) is 15.2 Å². The number of rotatable bonds is 6. The molecule has 0 radical (unpaired) electrons. The van der Waals surface area contributed by atoms with E-state index in [1.165, 1.54) is 12.3 Å². The fourth-order valence-corrected chi connectivity index (χ4v) is 4.22. The van der Waals surface area contributed by atoms with Crippen LogP contribution in [0.5, 0.6) is 17.2 Å². The maximum absolute atomic E-state index is 12.9. The Morgan fingerprint density at radius 1 is 0.941 bits per heavy atom. The van der Waals surface area contributed by atoms with Crippen molar-refractivity contribution >= 4 is 56.0 Å². The number of benzene rings is 3. The lowest BCUT2D eigenvalue weighted by molar-refractivity contribution is -0.117. The number of fused-ring (bicyclic) bond motifs is 1. The molecule has 0 saturated heterocycles. The van der Waals surface area contributed by atoms with E-state index in [1.807, 2.05) is 0 Å². The van der Waals surface area contributed by atoms with Crippen LogP contribution in [0.3, 0.4) is 0 Å². The second-order valence-corrected chi connectivity index (χ2v) is 8.73. The summed E-state index contributed by atoms with van der Waals surface area (Å²) >= 11 is 6.49. The quantitative estimate of drug-likeness (QED) is 0.223. The molecule has 0 atom stereocenters. The normalized spacial score (nSPS) is 12.6. The van der Waals surface area contributed by atoms with Gasteiger partial charge in [-0.15, -0.1) is 0 Å². The van der Waals surface area contributed by atoms with Gasteiger partial charge in [0.15, 0.2) is 11.5 Å². The molecule has 1 aliphatic heterocycles. The number of nitrogens with one attached hydrogen (secondary N) is 2. The first-order chi connectivity index (χ1) is 16.4. The highest BCUT2D eigenvalue weighted by molar-refractivity contribution is 9.11. The predicted octanol–water partition coefficient (Wildman–Crippen LogP) is 4.57. The molecule has 3 aromatic carbocycles. The molecular formula is C24H17Br2N3O5. The van der Waals surface area contributed by atoms with Crippen molar-refractivity contribution in [2.75, 3.05) is 6.79 Å². The molecule has 0 aliphatic carbocycles. The van der Waals surface area contributed by atoms with E-state index >= 15 is 0 Å². The largest absolute Gasteiger partial charge is 0.506 e. The molecule has 0 saturated carbocycles. The zero-order chi connectivity index (χ0) is 24.1. The number of aromatic hydroxyl groups is 1. The lowest BCUT2D eigenvalue weighted by atomic mass is 10.1. The maximum atomic E-state index is 12.9. The molecule has 172 valence electrons. The van der Waals surface area contributed by atoms with Gasteiger partial charge in [-0.1, -0.05) is 24.3 Å². The van der Waals surface area contributed by atoms with E-state index in [1.54, 1.807) is 60.7 Å². The van der Waals surface area contributed by atoms with Gasteiger partial charge in [-0.3, -0.25) is 9.59 Å². The molecule has 0 spiro atoms. The van der Waals surface area contributed by atoms with Crippen molar-refractivity contribution in [2.45, 2.75) is 0 Å². The smallest absolute Gasteiger partial charge is 0.287 e. The van der Waals surface area contributed by atoms with E-state index in [0.29, 0.717) is 37.1 Å². The second kappa shape index (κ2) is 10.5. The molecule has 34 heavy (non-hydrogen) atoms. The van der Waals surface area contributed by atoms with E-state index in [9.17, 15) is 14.7 Å². The lowest BCUT2D eigenvalue weighted by Crippen LogP contribution is -2.32. The highest BCUT2D eigenvalue weighted by Gasteiger charge is 2.17. The Morgan fingerprint density at radius 3 is 2.38 bits per heavy atom. The third kappa shape index (κ3) is 5.64. The Bertz CT molecular complexity index is 1290. The molecule has 3 N–H and O–H groups in total. The number of ether oxygens (including phenoxy) is 2. The van der Waals surface area contributed by atoms with Gasteiger partial charge in [0.25, 0.3) is 11.8 Å². The number of carbonyl (C=O) groups is 2. The van der Waals surface area contributed by atoms with Crippen molar-refractivity contribution in [1.29, 1.82) is 0 Å². The number of amides is 2. The van der Waals surface area contributed by atoms with Gasteiger partial charge in [-0.05, 0) is 85.5 Å². The fraction of sp³-hybridized carbons (Fsp3) is 0.0417. The van der Waals surface area contributed by atoms with Crippen LogP contribution in [0.1, 0.15) is 21.5 Å². The van der Waals surface area contributed by atoms with E-state index in [-0.39, 0.29) is 18.2 Å². The van der Waals surface area contributed by atoms with Crippen LogP contribution in [0.25, 0.3) is 6.08 Å². The van der Waals surface area contributed by atoms with Crippen LogP contribution in [-0.2, 0) is 4.79 Å². The van der Waals surface area contributed by atoms with Crippen molar-refractivity contribution in [2.24, 2.45) is 5.10 Å². The summed E-state index contributed by atoms with van der Waals surface area (Å²) in [7, 11) is 0. The van der Waals surface area contributed by atoms with Gasteiger partial charge in [0, 0.05) is 5.56 Å². The Kier molecular flexibility index (Phi) is 7.29.